The van der Waals surface area contributed by atoms with Gasteiger partial charge in [0.2, 0.25) is 0 Å². The third kappa shape index (κ3) is 36.6. The van der Waals surface area contributed by atoms with Crippen LogP contribution < -0.4 is 56.8 Å². The SMILES string of the molecule is CC1(C)COCC(O)COc2ccccc2OCC(O)COC1.CC1(C)OCC(O)COc2ccccc2OCC(O)COC1(C)C.CCC1(CC)COCC(O)COc2ccccc2OCC(O)COC1.OC1COCCCCOCC(O)COc2ccccc2OC1.OC1COc2ccccc2OCC(O)COc2ccccc2OC1. The molecule has 5 heterocycles. The van der Waals surface area contributed by atoms with E-state index in [2.05, 4.69) is 13.8 Å². The van der Waals surface area contributed by atoms with Crippen molar-refractivity contribution in [2.75, 3.05) is 172 Å². The second-order valence-electron chi connectivity index (χ2n) is 30.9. The van der Waals surface area contributed by atoms with Gasteiger partial charge in [-0.05, 0) is 126 Å². The monoisotopic (exact) mass is 1660 g/mol. The van der Waals surface area contributed by atoms with E-state index in [-0.39, 0.29) is 143 Å². The smallest absolute Gasteiger partial charge is 0.161 e. The van der Waals surface area contributed by atoms with Gasteiger partial charge in [0.25, 0.3) is 0 Å². The van der Waals surface area contributed by atoms with Gasteiger partial charge in [-0.25, -0.2) is 0 Å². The van der Waals surface area contributed by atoms with E-state index >= 15 is 0 Å². The second kappa shape index (κ2) is 52.4. The summed E-state index contributed by atoms with van der Waals surface area (Å²) in [6, 6.07) is 42.9. The number of para-hydroxylation sites is 12. The molecule has 6 aromatic carbocycles. The lowest BCUT2D eigenvalue weighted by atomic mass is 9.84. The van der Waals surface area contributed by atoms with Crippen LogP contribution in [0.3, 0.4) is 0 Å². The molecule has 8 unspecified atom stereocenters. The summed E-state index contributed by atoms with van der Waals surface area (Å²) in [5.41, 5.74) is -1.64. The highest BCUT2D eigenvalue weighted by Crippen LogP contribution is 2.35. The van der Waals surface area contributed by atoms with Gasteiger partial charge in [-0.1, -0.05) is 100 Å². The molecule has 0 aromatic heterocycles. The minimum absolute atomic E-state index is 0.0615. The first-order chi connectivity index (χ1) is 56.7. The molecule has 0 radical (unpaired) electrons. The molecule has 11 rings (SSSR count). The normalized spacial score (nSPS) is 25.5. The van der Waals surface area contributed by atoms with Gasteiger partial charge in [-0.15, -0.1) is 0 Å². The maximum absolute atomic E-state index is 10.1. The highest BCUT2D eigenvalue weighted by Gasteiger charge is 2.40. The van der Waals surface area contributed by atoms with Gasteiger partial charge in [0.05, 0.1) is 90.5 Å². The number of ether oxygens (including phenoxy) is 20. The molecule has 0 fully saturated rings. The summed E-state index contributed by atoms with van der Waals surface area (Å²) >= 11 is 0. The van der Waals surface area contributed by atoms with E-state index in [1.165, 1.54) is 0 Å². The fourth-order valence-electron chi connectivity index (χ4n) is 11.2. The first-order valence-electron chi connectivity index (χ1n) is 40.4. The van der Waals surface area contributed by atoms with E-state index in [0.717, 1.165) is 25.7 Å². The molecular formula is C88H128O30. The van der Waals surface area contributed by atoms with E-state index in [1.54, 1.807) is 72.8 Å². The van der Waals surface area contributed by atoms with Gasteiger partial charge in [-0.3, -0.25) is 0 Å². The lowest BCUT2D eigenvalue weighted by molar-refractivity contribution is -0.197. The van der Waals surface area contributed by atoms with Crippen LogP contribution in [0.2, 0.25) is 0 Å². The number of aliphatic hydroxyl groups excluding tert-OH is 10. The molecule has 5 aliphatic rings. The summed E-state index contributed by atoms with van der Waals surface area (Å²) in [5, 5.41) is 100. The standard InChI is InChI=1S/C19H30O6.C18H20O6.C18H28O6.C17H26O6.C16H24O6/c1-3-19(4-2)13-22-9-15(20)11-24-17-7-5-6-8-18(17)25-12-16(21)10-23-14-19;19-13-9-21-15-5-1-2-6-16(15)22-10-14(20)12-24-18-8-4-3-7-17(18)23-11-13;1-17(2)18(3,4)24-12-14(20)10-22-16-8-6-5-7-15(16)21-9-13(19)11-23-17;1-17(2)11-20-7-13(18)9-22-15-5-3-4-6-16(15)23-10-14(19)8-21-12-17;17-13-9-19-7-3-4-8-20-10-14(18)12-22-16-6-2-1-5-15(16)21-11-13/h5-8,15-16,20-21H,3-4,9-14H2,1-2H3;1-8,13-14,19-20H,9-12H2;5-8,13-14,19-20H,9-12H2,1-4H3;3-6,13-14,18-19H,7-12H2,1-2H3;1-2,5-6,13-14,17-18H,3-4,7-12H2. The van der Waals surface area contributed by atoms with Crippen molar-refractivity contribution in [3.8, 4) is 69.0 Å². The molecule has 0 saturated heterocycles. The van der Waals surface area contributed by atoms with Crippen LogP contribution >= 0.6 is 0 Å². The number of fused-ring (bicyclic) bond motifs is 6. The average Bonchev–Trinajstić information content (AvgIpc) is 0.821. The summed E-state index contributed by atoms with van der Waals surface area (Å²) in [7, 11) is 0. The molecule has 5 aliphatic heterocycles. The Morgan fingerprint density at radius 1 is 0.229 bits per heavy atom. The van der Waals surface area contributed by atoms with Crippen molar-refractivity contribution in [2.45, 2.75) is 153 Å². The van der Waals surface area contributed by atoms with Crippen LogP contribution in [0.4, 0.5) is 0 Å². The predicted molar refractivity (Wildman–Crippen MR) is 436 cm³/mol. The van der Waals surface area contributed by atoms with E-state index < -0.39 is 72.2 Å². The Kier molecular flexibility index (Phi) is 43.2. The van der Waals surface area contributed by atoms with Crippen molar-refractivity contribution in [3.05, 3.63) is 146 Å². The first kappa shape index (κ1) is 97.3. The number of hydrogen-bond acceptors (Lipinski definition) is 30. The van der Waals surface area contributed by atoms with Crippen molar-refractivity contribution in [3.63, 3.8) is 0 Å². The third-order valence-corrected chi connectivity index (χ3v) is 19.0. The Bertz CT molecular complexity index is 3390. The zero-order valence-electron chi connectivity index (χ0n) is 69.5. The summed E-state index contributed by atoms with van der Waals surface area (Å²) < 4.78 is 112. The number of rotatable bonds is 2. The van der Waals surface area contributed by atoms with Crippen molar-refractivity contribution >= 4 is 0 Å². The van der Waals surface area contributed by atoms with Gasteiger partial charge >= 0.3 is 0 Å². The summed E-state index contributed by atoms with van der Waals surface area (Å²) in [6.45, 7) is 21.5. The molecule has 8 atom stereocenters. The topological polar surface area (TPSA) is 387 Å². The van der Waals surface area contributed by atoms with E-state index in [9.17, 15) is 51.1 Å². The van der Waals surface area contributed by atoms with Crippen LogP contribution in [0, 0.1) is 10.8 Å². The lowest BCUT2D eigenvalue weighted by Gasteiger charge is -2.42. The second-order valence-corrected chi connectivity index (χ2v) is 30.9. The van der Waals surface area contributed by atoms with Crippen LogP contribution in [0.25, 0.3) is 0 Å². The molecule has 0 saturated carbocycles. The minimum Gasteiger partial charge on any atom is -0.487 e. The van der Waals surface area contributed by atoms with Gasteiger partial charge in [0, 0.05) is 24.0 Å². The highest BCUT2D eigenvalue weighted by molar-refractivity contribution is 5.43. The maximum atomic E-state index is 10.1. The Morgan fingerprint density at radius 3 is 0.576 bits per heavy atom. The fraction of sp³-hybridized carbons (Fsp3) is 0.591. The van der Waals surface area contributed by atoms with Gasteiger partial charge in [0.1, 0.15) is 140 Å². The zero-order chi connectivity index (χ0) is 85.0. The average molecular weight is 1670 g/mol. The largest absolute Gasteiger partial charge is 0.487 e. The molecule has 30 nitrogen and oxygen atoms in total. The van der Waals surface area contributed by atoms with Crippen molar-refractivity contribution in [2.24, 2.45) is 10.8 Å². The van der Waals surface area contributed by atoms with Crippen LogP contribution in [-0.4, -0.2) is 295 Å². The van der Waals surface area contributed by atoms with E-state index in [1.807, 2.05) is 114 Å². The summed E-state index contributed by atoms with van der Waals surface area (Å²) in [6.07, 6.45) is -3.96. The van der Waals surface area contributed by atoms with E-state index in [0.29, 0.717) is 109 Å². The molecule has 660 valence electrons. The maximum Gasteiger partial charge on any atom is 0.161 e. The van der Waals surface area contributed by atoms with Crippen LogP contribution in [0.15, 0.2) is 146 Å². The highest BCUT2D eigenvalue weighted by atomic mass is 16.6. The number of hydrogen-bond donors (Lipinski definition) is 10. The van der Waals surface area contributed by atoms with Gasteiger partial charge in [0.15, 0.2) is 69.0 Å². The zero-order valence-corrected chi connectivity index (χ0v) is 69.5. The summed E-state index contributed by atoms with van der Waals surface area (Å²) in [5.74, 6) is 6.20. The number of aliphatic hydroxyl groups is 10. The Morgan fingerprint density at radius 2 is 0.390 bits per heavy atom. The summed E-state index contributed by atoms with van der Waals surface area (Å²) in [4.78, 5) is 0. The molecule has 6 aromatic rings. The lowest BCUT2D eigenvalue weighted by Crippen LogP contribution is -2.51. The Balaban J connectivity index is 0.000000204. The molecule has 0 amide bonds. The minimum atomic E-state index is -0.806. The Labute approximate surface area is 693 Å². The molecule has 0 spiro atoms. The molecule has 0 aliphatic carbocycles. The number of benzene rings is 6. The predicted octanol–water partition coefficient (Wildman–Crippen LogP) is 7.66. The first-order valence-corrected chi connectivity index (χ1v) is 40.4. The molecular weight excluding hydrogens is 1540 g/mol. The van der Waals surface area contributed by atoms with E-state index in [4.69, 9.17) is 94.7 Å². The fourth-order valence-corrected chi connectivity index (χ4v) is 11.2. The van der Waals surface area contributed by atoms with Crippen molar-refractivity contribution < 1.29 is 146 Å². The molecule has 0 bridgehead atoms. The Hall–Kier alpha value is -7.80. The van der Waals surface area contributed by atoms with Crippen LogP contribution in [0.5, 0.6) is 69.0 Å². The van der Waals surface area contributed by atoms with Crippen molar-refractivity contribution in [1.29, 1.82) is 0 Å². The van der Waals surface area contributed by atoms with Crippen LogP contribution in [-0.2, 0) is 37.9 Å². The molecule has 30 heteroatoms. The van der Waals surface area contributed by atoms with Crippen molar-refractivity contribution in [1.82, 2.24) is 0 Å². The van der Waals surface area contributed by atoms with Gasteiger partial charge in [-0.2, -0.15) is 0 Å². The third-order valence-electron chi connectivity index (χ3n) is 19.0. The van der Waals surface area contributed by atoms with Crippen LogP contribution in [0.1, 0.15) is 81.1 Å². The molecule has 10 N–H and O–H groups in total. The van der Waals surface area contributed by atoms with Gasteiger partial charge < -0.3 is 146 Å². The molecule has 118 heavy (non-hydrogen) atoms. The quantitative estimate of drug-likeness (QED) is 0.0795.